The van der Waals surface area contributed by atoms with Crippen LogP contribution in [0.2, 0.25) is 0 Å². The van der Waals surface area contributed by atoms with Crippen LogP contribution in [0.15, 0.2) is 12.4 Å². The lowest BCUT2D eigenvalue weighted by atomic mass is 9.92. The number of hydrogen-bond donors (Lipinski definition) is 1. The molecule has 1 aromatic rings. The van der Waals surface area contributed by atoms with Gasteiger partial charge in [0.1, 0.15) is 6.33 Å². The average molecular weight is 205 g/mol. The van der Waals surface area contributed by atoms with Crippen LogP contribution in [0.5, 0.6) is 0 Å². The van der Waals surface area contributed by atoms with Crippen molar-refractivity contribution in [2.24, 2.45) is 5.92 Å². The van der Waals surface area contributed by atoms with Crippen molar-refractivity contribution in [3.63, 3.8) is 0 Å². The van der Waals surface area contributed by atoms with E-state index in [9.17, 15) is 0 Å². The maximum atomic E-state index is 4.30. The lowest BCUT2D eigenvalue weighted by molar-refractivity contribution is 0.353. The van der Waals surface area contributed by atoms with Crippen molar-refractivity contribution in [3.05, 3.63) is 23.8 Å². The molecule has 2 rings (SSSR count). The fraction of sp³-hybridized carbons (Fsp3) is 0.667. The molecule has 3 heteroatoms. The Bertz CT molecular complexity index is 305. The van der Waals surface area contributed by atoms with Crippen molar-refractivity contribution in [3.8, 4) is 0 Å². The number of aromatic nitrogens is 2. The monoisotopic (exact) mass is 205 g/mol. The summed E-state index contributed by atoms with van der Waals surface area (Å²) in [5.41, 5.74) is 2.27. The first-order chi connectivity index (χ1) is 7.34. The molecule has 82 valence electrons. The van der Waals surface area contributed by atoms with Crippen molar-refractivity contribution in [1.82, 2.24) is 15.3 Å². The molecule has 0 bridgehead atoms. The Labute approximate surface area is 91.3 Å². The molecule has 0 unspecified atom stereocenters. The van der Waals surface area contributed by atoms with E-state index in [1.807, 2.05) is 6.92 Å². The van der Waals surface area contributed by atoms with Gasteiger partial charge in [0.15, 0.2) is 0 Å². The van der Waals surface area contributed by atoms with Crippen LogP contribution in [0.1, 0.15) is 30.7 Å². The van der Waals surface area contributed by atoms with E-state index in [-0.39, 0.29) is 0 Å². The van der Waals surface area contributed by atoms with Crippen molar-refractivity contribution in [2.45, 2.75) is 32.6 Å². The van der Waals surface area contributed by atoms with Crippen molar-refractivity contribution < 1.29 is 0 Å². The molecule has 0 aliphatic carbocycles. The van der Waals surface area contributed by atoms with E-state index in [2.05, 4.69) is 21.4 Å². The molecule has 0 radical (unpaired) electrons. The Morgan fingerprint density at radius 2 is 2.13 bits per heavy atom. The Kier molecular flexibility index (Phi) is 3.67. The van der Waals surface area contributed by atoms with Crippen LogP contribution in [0.4, 0.5) is 0 Å². The minimum atomic E-state index is 0.890. The van der Waals surface area contributed by atoms with E-state index in [4.69, 9.17) is 0 Å². The summed E-state index contributed by atoms with van der Waals surface area (Å²) in [6.07, 6.45) is 6.70. The molecule has 0 atom stereocenters. The van der Waals surface area contributed by atoms with E-state index in [1.165, 1.54) is 38.0 Å². The third-order valence-corrected chi connectivity index (χ3v) is 3.13. The topological polar surface area (TPSA) is 37.8 Å². The number of aryl methyl sites for hydroxylation is 2. The summed E-state index contributed by atoms with van der Waals surface area (Å²) >= 11 is 0. The zero-order valence-electron chi connectivity index (χ0n) is 9.37. The fourth-order valence-electron chi connectivity index (χ4n) is 2.17. The van der Waals surface area contributed by atoms with Gasteiger partial charge < -0.3 is 5.32 Å². The van der Waals surface area contributed by atoms with Crippen LogP contribution in [-0.2, 0) is 6.42 Å². The van der Waals surface area contributed by atoms with E-state index >= 15 is 0 Å². The van der Waals surface area contributed by atoms with Gasteiger partial charge in [-0.15, -0.1) is 0 Å². The van der Waals surface area contributed by atoms with Gasteiger partial charge in [0, 0.05) is 11.4 Å². The summed E-state index contributed by atoms with van der Waals surface area (Å²) in [5, 5.41) is 3.40. The minimum absolute atomic E-state index is 0.890. The Morgan fingerprint density at radius 3 is 2.87 bits per heavy atom. The van der Waals surface area contributed by atoms with Gasteiger partial charge in [-0.3, -0.25) is 0 Å². The standard InChI is InChI=1S/C12H19N3/c1-10-8-12(15-9-14-10)3-2-11-4-6-13-7-5-11/h8-9,11,13H,2-7H2,1H3. The van der Waals surface area contributed by atoms with Gasteiger partial charge in [0.2, 0.25) is 0 Å². The Hall–Kier alpha value is -0.960. The minimum Gasteiger partial charge on any atom is -0.317 e. The molecule has 0 spiro atoms. The predicted octanol–water partition coefficient (Wildman–Crippen LogP) is 1.72. The predicted molar refractivity (Wildman–Crippen MR) is 60.7 cm³/mol. The van der Waals surface area contributed by atoms with Crippen LogP contribution >= 0.6 is 0 Å². The number of hydrogen-bond acceptors (Lipinski definition) is 3. The molecule has 0 aromatic carbocycles. The van der Waals surface area contributed by atoms with Gasteiger partial charge in [0.25, 0.3) is 0 Å². The second-order valence-electron chi connectivity index (χ2n) is 4.38. The zero-order chi connectivity index (χ0) is 10.5. The molecule has 1 saturated heterocycles. The first kappa shape index (κ1) is 10.6. The summed E-state index contributed by atoms with van der Waals surface area (Å²) in [7, 11) is 0. The van der Waals surface area contributed by atoms with Crippen LogP contribution in [0.25, 0.3) is 0 Å². The number of nitrogens with one attached hydrogen (secondary N) is 1. The molecule has 1 aliphatic rings. The molecule has 0 saturated carbocycles. The van der Waals surface area contributed by atoms with Crippen LogP contribution < -0.4 is 5.32 Å². The fourth-order valence-corrected chi connectivity index (χ4v) is 2.17. The normalized spacial score (nSPS) is 17.9. The average Bonchev–Trinajstić information content (AvgIpc) is 2.28. The van der Waals surface area contributed by atoms with Gasteiger partial charge in [0.05, 0.1) is 0 Å². The zero-order valence-corrected chi connectivity index (χ0v) is 9.37. The van der Waals surface area contributed by atoms with E-state index in [0.717, 1.165) is 18.0 Å². The summed E-state index contributed by atoms with van der Waals surface area (Å²) in [5.74, 6) is 0.890. The second kappa shape index (κ2) is 5.21. The summed E-state index contributed by atoms with van der Waals surface area (Å²) in [4.78, 5) is 8.41. The molecule has 15 heavy (non-hydrogen) atoms. The second-order valence-corrected chi connectivity index (χ2v) is 4.38. The largest absolute Gasteiger partial charge is 0.317 e. The molecule has 0 amide bonds. The lowest BCUT2D eigenvalue weighted by Crippen LogP contribution is -2.27. The molecule has 2 heterocycles. The first-order valence-corrected chi connectivity index (χ1v) is 5.83. The number of piperidine rings is 1. The van der Waals surface area contributed by atoms with Crippen LogP contribution in [0.3, 0.4) is 0 Å². The third kappa shape index (κ3) is 3.27. The van der Waals surface area contributed by atoms with E-state index in [1.54, 1.807) is 6.33 Å². The highest BCUT2D eigenvalue weighted by Gasteiger charge is 2.12. The molecule has 3 nitrogen and oxygen atoms in total. The van der Waals surface area contributed by atoms with E-state index in [0.29, 0.717) is 0 Å². The van der Waals surface area contributed by atoms with E-state index < -0.39 is 0 Å². The maximum absolute atomic E-state index is 4.30. The number of rotatable bonds is 3. The van der Waals surface area contributed by atoms with Crippen molar-refractivity contribution in [1.29, 1.82) is 0 Å². The Balaban J connectivity index is 1.81. The van der Waals surface area contributed by atoms with Gasteiger partial charge >= 0.3 is 0 Å². The number of nitrogens with zero attached hydrogens (tertiary/aromatic N) is 2. The van der Waals surface area contributed by atoms with Gasteiger partial charge in [-0.1, -0.05) is 0 Å². The maximum Gasteiger partial charge on any atom is 0.115 e. The molecule has 1 N–H and O–H groups in total. The summed E-state index contributed by atoms with van der Waals surface area (Å²) in [6.45, 7) is 4.40. The van der Waals surface area contributed by atoms with Gasteiger partial charge in [-0.2, -0.15) is 0 Å². The van der Waals surface area contributed by atoms with Crippen molar-refractivity contribution in [2.75, 3.05) is 13.1 Å². The quantitative estimate of drug-likeness (QED) is 0.816. The highest BCUT2D eigenvalue weighted by molar-refractivity contribution is 5.06. The highest BCUT2D eigenvalue weighted by atomic mass is 14.9. The smallest absolute Gasteiger partial charge is 0.115 e. The lowest BCUT2D eigenvalue weighted by Gasteiger charge is -2.22. The molecule has 1 fully saturated rings. The SMILES string of the molecule is Cc1cc(CCC2CCNCC2)ncn1. The van der Waals surface area contributed by atoms with Crippen molar-refractivity contribution >= 4 is 0 Å². The molecule has 1 aromatic heterocycles. The summed E-state index contributed by atoms with van der Waals surface area (Å²) < 4.78 is 0. The molecular formula is C12H19N3. The van der Waals surface area contributed by atoms with Gasteiger partial charge in [-0.25, -0.2) is 9.97 Å². The van der Waals surface area contributed by atoms with Crippen LogP contribution in [0, 0.1) is 12.8 Å². The van der Waals surface area contributed by atoms with Crippen LogP contribution in [-0.4, -0.2) is 23.1 Å². The first-order valence-electron chi connectivity index (χ1n) is 5.83. The third-order valence-electron chi connectivity index (χ3n) is 3.13. The summed E-state index contributed by atoms with van der Waals surface area (Å²) in [6, 6.07) is 2.10. The Morgan fingerprint density at radius 1 is 1.33 bits per heavy atom. The van der Waals surface area contributed by atoms with Gasteiger partial charge in [-0.05, 0) is 57.7 Å². The molecule has 1 aliphatic heterocycles. The molecular weight excluding hydrogens is 186 g/mol. The highest BCUT2D eigenvalue weighted by Crippen LogP contribution is 2.17.